The Hall–Kier alpha value is -3.36. The van der Waals surface area contributed by atoms with E-state index in [1.165, 1.54) is 47.9 Å². The second-order valence-corrected chi connectivity index (χ2v) is 13.5. The highest BCUT2D eigenvalue weighted by molar-refractivity contribution is 5.16. The molecule has 0 aliphatic heterocycles. The molecule has 2 atom stereocenters. The molecule has 50 heavy (non-hydrogen) atoms. The van der Waals surface area contributed by atoms with Crippen molar-refractivity contribution in [2.75, 3.05) is 39.3 Å². The fourth-order valence-electron chi connectivity index (χ4n) is 6.33. The molecule has 0 fully saturated rings. The van der Waals surface area contributed by atoms with Crippen LogP contribution in [-0.2, 0) is 26.2 Å². The Labute approximate surface area is 303 Å². The van der Waals surface area contributed by atoms with Crippen LogP contribution in [0, 0.1) is 0 Å². The van der Waals surface area contributed by atoms with Gasteiger partial charge in [0.2, 0.25) is 0 Å². The van der Waals surface area contributed by atoms with Crippen molar-refractivity contribution in [3.8, 4) is 0 Å². The van der Waals surface area contributed by atoms with Crippen molar-refractivity contribution in [2.45, 2.75) is 89.6 Å². The minimum absolute atomic E-state index is 0.520. The molecule has 4 aromatic carbocycles. The lowest BCUT2D eigenvalue weighted by atomic mass is 10.0. The normalized spacial score (nSPS) is 12.6. The average Bonchev–Trinajstić information content (AvgIpc) is 3.17. The van der Waals surface area contributed by atoms with Crippen LogP contribution in [0.2, 0.25) is 0 Å². The Morgan fingerprint density at radius 3 is 0.980 bits per heavy atom. The van der Waals surface area contributed by atoms with Gasteiger partial charge in [0.15, 0.2) is 0 Å². The molecule has 0 aliphatic carbocycles. The van der Waals surface area contributed by atoms with Crippen molar-refractivity contribution < 1.29 is 0 Å². The topological polar surface area (TPSA) is 72.2 Å². The molecule has 270 valence electrons. The highest BCUT2D eigenvalue weighted by atomic mass is 14.9. The Kier molecular flexibility index (Phi) is 20.9. The number of benzene rings is 4. The first kappa shape index (κ1) is 39.4. The van der Waals surface area contributed by atoms with E-state index in [4.69, 9.17) is 0 Å². The van der Waals surface area contributed by atoms with E-state index >= 15 is 0 Å². The molecular formula is C44H64N6. The van der Waals surface area contributed by atoms with Gasteiger partial charge < -0.3 is 31.9 Å². The van der Waals surface area contributed by atoms with Gasteiger partial charge in [-0.15, -0.1) is 0 Å². The maximum atomic E-state index is 3.89. The van der Waals surface area contributed by atoms with E-state index in [9.17, 15) is 0 Å². The van der Waals surface area contributed by atoms with E-state index in [-0.39, 0.29) is 0 Å². The first-order valence-corrected chi connectivity index (χ1v) is 19.3. The van der Waals surface area contributed by atoms with Crippen LogP contribution < -0.4 is 31.9 Å². The second kappa shape index (κ2) is 26.4. The molecule has 0 heterocycles. The lowest BCUT2D eigenvalue weighted by Crippen LogP contribution is -2.34. The standard InChI is InChI=1S/C44H64N6/c1-5-17-39(18-6-1)35-47-31-15-29-45-33-27-43(49-37-41-21-9-3-10-22-41)25-13-14-26-44(50-38-42-23-11-4-12-24-42)28-34-46-30-16-32-48-36-40-19-7-2-8-20-40/h1-12,17-24,43-50H,13-16,25-38H2. The molecule has 2 unspecified atom stereocenters. The highest BCUT2D eigenvalue weighted by Gasteiger charge is 2.12. The fourth-order valence-corrected chi connectivity index (χ4v) is 6.33. The van der Waals surface area contributed by atoms with E-state index in [2.05, 4.69) is 153 Å². The van der Waals surface area contributed by atoms with E-state index in [0.29, 0.717) is 12.1 Å². The molecule has 4 aromatic rings. The lowest BCUT2D eigenvalue weighted by Gasteiger charge is -2.22. The monoisotopic (exact) mass is 677 g/mol. The van der Waals surface area contributed by atoms with Crippen LogP contribution in [0.1, 0.15) is 73.6 Å². The lowest BCUT2D eigenvalue weighted by molar-refractivity contribution is 0.391. The van der Waals surface area contributed by atoms with Crippen LogP contribution >= 0.6 is 0 Å². The van der Waals surface area contributed by atoms with Crippen LogP contribution in [-0.4, -0.2) is 51.4 Å². The summed E-state index contributed by atoms with van der Waals surface area (Å²) in [5.74, 6) is 0. The van der Waals surface area contributed by atoms with Crippen molar-refractivity contribution >= 4 is 0 Å². The van der Waals surface area contributed by atoms with Crippen molar-refractivity contribution in [2.24, 2.45) is 0 Å². The molecule has 0 saturated heterocycles. The van der Waals surface area contributed by atoms with Crippen molar-refractivity contribution in [3.63, 3.8) is 0 Å². The zero-order valence-corrected chi connectivity index (χ0v) is 30.4. The number of rotatable bonds is 29. The van der Waals surface area contributed by atoms with Gasteiger partial charge in [0.1, 0.15) is 0 Å². The van der Waals surface area contributed by atoms with E-state index in [1.807, 2.05) is 0 Å². The summed E-state index contributed by atoms with van der Waals surface area (Å²) in [5.41, 5.74) is 5.42. The first-order valence-electron chi connectivity index (χ1n) is 19.3. The zero-order valence-electron chi connectivity index (χ0n) is 30.4. The van der Waals surface area contributed by atoms with Gasteiger partial charge in [-0.05, 0) is 100 Å². The summed E-state index contributed by atoms with van der Waals surface area (Å²) in [7, 11) is 0. The van der Waals surface area contributed by atoms with Crippen molar-refractivity contribution in [1.29, 1.82) is 0 Å². The summed E-state index contributed by atoms with van der Waals surface area (Å²) in [6, 6.07) is 44.0. The maximum Gasteiger partial charge on any atom is 0.0208 e. The van der Waals surface area contributed by atoms with Gasteiger partial charge in [-0.25, -0.2) is 0 Å². The maximum absolute atomic E-state index is 3.89. The first-order chi connectivity index (χ1) is 24.8. The third-order valence-corrected chi connectivity index (χ3v) is 9.33. The van der Waals surface area contributed by atoms with Gasteiger partial charge in [0.25, 0.3) is 0 Å². The van der Waals surface area contributed by atoms with Gasteiger partial charge in [-0.1, -0.05) is 134 Å². The van der Waals surface area contributed by atoms with Crippen LogP contribution in [0.4, 0.5) is 0 Å². The predicted molar refractivity (Wildman–Crippen MR) is 213 cm³/mol. The van der Waals surface area contributed by atoms with Crippen LogP contribution in [0.3, 0.4) is 0 Å². The Morgan fingerprint density at radius 1 is 0.300 bits per heavy atom. The van der Waals surface area contributed by atoms with E-state index in [1.54, 1.807) is 0 Å². The van der Waals surface area contributed by atoms with Crippen molar-refractivity contribution in [3.05, 3.63) is 144 Å². The zero-order chi connectivity index (χ0) is 34.6. The molecule has 0 saturated carbocycles. The Balaban J connectivity index is 1.12. The number of unbranched alkanes of at least 4 members (excludes halogenated alkanes) is 1. The van der Waals surface area contributed by atoms with Gasteiger partial charge in [-0.3, -0.25) is 0 Å². The molecule has 0 aromatic heterocycles. The molecule has 6 nitrogen and oxygen atoms in total. The Bertz CT molecular complexity index is 1220. The molecule has 0 radical (unpaired) electrons. The van der Waals surface area contributed by atoms with Gasteiger partial charge in [0, 0.05) is 38.3 Å². The quantitative estimate of drug-likeness (QED) is 0.0343. The van der Waals surface area contributed by atoms with Crippen LogP contribution in [0.25, 0.3) is 0 Å². The second-order valence-electron chi connectivity index (χ2n) is 13.5. The summed E-state index contributed by atoms with van der Waals surface area (Å²) in [6.45, 7) is 10.1. The van der Waals surface area contributed by atoms with Crippen LogP contribution in [0.15, 0.2) is 121 Å². The molecule has 0 aliphatic rings. The largest absolute Gasteiger partial charge is 0.317 e. The van der Waals surface area contributed by atoms with E-state index < -0.39 is 0 Å². The molecule has 6 N–H and O–H groups in total. The fraction of sp³-hybridized carbons (Fsp3) is 0.455. The van der Waals surface area contributed by atoms with Gasteiger partial charge >= 0.3 is 0 Å². The minimum Gasteiger partial charge on any atom is -0.317 e. The predicted octanol–water partition coefficient (Wildman–Crippen LogP) is 7.18. The SMILES string of the molecule is c1ccc(CNCCCNCCC(CCCCC(CCNCCCNCc2ccccc2)NCc2ccccc2)NCc2ccccc2)cc1. The number of nitrogens with one attached hydrogen (secondary N) is 6. The molecule has 0 spiro atoms. The summed E-state index contributed by atoms with van der Waals surface area (Å²) in [6.07, 6.45) is 9.53. The molecular weight excluding hydrogens is 613 g/mol. The molecule has 6 heteroatoms. The summed E-state index contributed by atoms with van der Waals surface area (Å²) >= 11 is 0. The number of hydrogen-bond donors (Lipinski definition) is 6. The molecule has 0 amide bonds. The van der Waals surface area contributed by atoms with Crippen molar-refractivity contribution in [1.82, 2.24) is 31.9 Å². The highest BCUT2D eigenvalue weighted by Crippen LogP contribution is 2.12. The number of hydrogen-bond acceptors (Lipinski definition) is 6. The molecule has 4 rings (SSSR count). The minimum atomic E-state index is 0.520. The van der Waals surface area contributed by atoms with E-state index in [0.717, 1.165) is 91.1 Å². The average molecular weight is 677 g/mol. The Morgan fingerprint density at radius 2 is 0.620 bits per heavy atom. The summed E-state index contributed by atoms with van der Waals surface area (Å²) in [5, 5.41) is 22.3. The summed E-state index contributed by atoms with van der Waals surface area (Å²) < 4.78 is 0. The van der Waals surface area contributed by atoms with Gasteiger partial charge in [-0.2, -0.15) is 0 Å². The molecule has 0 bridgehead atoms. The smallest absolute Gasteiger partial charge is 0.0208 e. The third-order valence-electron chi connectivity index (χ3n) is 9.33. The third kappa shape index (κ3) is 18.6. The van der Waals surface area contributed by atoms with Gasteiger partial charge in [0.05, 0.1) is 0 Å². The van der Waals surface area contributed by atoms with Crippen LogP contribution in [0.5, 0.6) is 0 Å². The summed E-state index contributed by atoms with van der Waals surface area (Å²) in [4.78, 5) is 0.